The monoisotopic (exact) mass is 330 g/mol. The molecule has 0 saturated carbocycles. The minimum atomic E-state index is -0.219. The Balaban J connectivity index is 2.59. The zero-order valence-corrected chi connectivity index (χ0v) is 14.0. The number of nitrogens with zero attached hydrogens (tertiary/aromatic N) is 1. The topological polar surface area (TPSA) is 15.3 Å². The predicted molar refractivity (Wildman–Crippen MR) is 82.9 cm³/mol. The minimum Gasteiger partial charge on any atom is -0.310 e. The van der Waals surface area contributed by atoms with Gasteiger partial charge in [-0.2, -0.15) is 0 Å². The largest absolute Gasteiger partial charge is 0.310 e. The van der Waals surface area contributed by atoms with Crippen molar-refractivity contribution < 1.29 is 4.39 Å². The van der Waals surface area contributed by atoms with E-state index in [0.29, 0.717) is 4.47 Å². The molecule has 0 fully saturated rings. The van der Waals surface area contributed by atoms with E-state index < -0.39 is 0 Å². The van der Waals surface area contributed by atoms with Crippen LogP contribution < -0.4 is 5.32 Å². The van der Waals surface area contributed by atoms with Crippen LogP contribution in [0.1, 0.15) is 32.4 Å². The van der Waals surface area contributed by atoms with Crippen molar-refractivity contribution in [3.8, 4) is 0 Å². The van der Waals surface area contributed by atoms with Crippen LogP contribution in [0.4, 0.5) is 4.39 Å². The molecule has 4 heteroatoms. The van der Waals surface area contributed by atoms with E-state index in [1.807, 2.05) is 12.1 Å². The molecule has 1 unspecified atom stereocenters. The van der Waals surface area contributed by atoms with E-state index in [2.05, 4.69) is 61.0 Å². The maximum absolute atomic E-state index is 13.2. The van der Waals surface area contributed by atoms with Gasteiger partial charge in [0.05, 0.1) is 4.47 Å². The SMILES string of the molecule is CC(NCC(C)(C)CN(C)C)c1ccc(F)c(Br)c1. The van der Waals surface area contributed by atoms with Crippen molar-refractivity contribution in [2.45, 2.75) is 26.8 Å². The first kappa shape index (κ1) is 16.6. The van der Waals surface area contributed by atoms with Crippen LogP contribution in [0.2, 0.25) is 0 Å². The first-order valence-electron chi connectivity index (χ1n) is 6.54. The second kappa shape index (κ2) is 6.82. The highest BCUT2D eigenvalue weighted by atomic mass is 79.9. The molecule has 2 nitrogen and oxygen atoms in total. The zero-order chi connectivity index (χ0) is 14.6. The molecular weight excluding hydrogens is 307 g/mol. The number of rotatable bonds is 6. The molecule has 0 radical (unpaired) electrons. The van der Waals surface area contributed by atoms with E-state index in [1.54, 1.807) is 0 Å². The maximum atomic E-state index is 13.2. The van der Waals surface area contributed by atoms with Gasteiger partial charge >= 0.3 is 0 Å². The highest BCUT2D eigenvalue weighted by Gasteiger charge is 2.20. The fourth-order valence-electron chi connectivity index (χ4n) is 2.24. The highest BCUT2D eigenvalue weighted by molar-refractivity contribution is 9.10. The van der Waals surface area contributed by atoms with Gasteiger partial charge in [0.2, 0.25) is 0 Å². The molecule has 1 N–H and O–H groups in total. The summed E-state index contributed by atoms with van der Waals surface area (Å²) in [7, 11) is 4.17. The molecule has 108 valence electrons. The van der Waals surface area contributed by atoms with Gasteiger partial charge in [0.1, 0.15) is 5.82 Å². The van der Waals surface area contributed by atoms with Gasteiger partial charge in [-0.1, -0.05) is 19.9 Å². The zero-order valence-electron chi connectivity index (χ0n) is 12.4. The molecule has 0 aliphatic rings. The molecule has 0 bridgehead atoms. The first-order valence-corrected chi connectivity index (χ1v) is 7.34. The lowest BCUT2D eigenvalue weighted by atomic mass is 9.92. The predicted octanol–water partition coefficient (Wildman–Crippen LogP) is 3.83. The third-order valence-electron chi connectivity index (χ3n) is 3.07. The molecule has 1 aromatic rings. The third kappa shape index (κ3) is 5.59. The summed E-state index contributed by atoms with van der Waals surface area (Å²) in [4.78, 5) is 2.20. The average molecular weight is 331 g/mol. The quantitative estimate of drug-likeness (QED) is 0.852. The van der Waals surface area contributed by atoms with Crippen LogP contribution in [0.3, 0.4) is 0 Å². The van der Waals surface area contributed by atoms with Gasteiger partial charge in [0.25, 0.3) is 0 Å². The summed E-state index contributed by atoms with van der Waals surface area (Å²) in [5.74, 6) is -0.219. The Morgan fingerprint density at radius 1 is 1.37 bits per heavy atom. The van der Waals surface area contributed by atoms with Gasteiger partial charge in [-0.3, -0.25) is 0 Å². The van der Waals surface area contributed by atoms with Crippen LogP contribution in [-0.4, -0.2) is 32.1 Å². The fourth-order valence-corrected chi connectivity index (χ4v) is 2.64. The van der Waals surface area contributed by atoms with Crippen LogP contribution in [0, 0.1) is 11.2 Å². The summed E-state index contributed by atoms with van der Waals surface area (Å²) in [6.45, 7) is 8.53. The summed E-state index contributed by atoms with van der Waals surface area (Å²) < 4.78 is 13.7. The smallest absolute Gasteiger partial charge is 0.137 e. The van der Waals surface area contributed by atoms with Crippen molar-refractivity contribution in [2.24, 2.45) is 5.41 Å². The van der Waals surface area contributed by atoms with E-state index in [4.69, 9.17) is 0 Å². The van der Waals surface area contributed by atoms with E-state index in [9.17, 15) is 4.39 Å². The third-order valence-corrected chi connectivity index (χ3v) is 3.68. The summed E-state index contributed by atoms with van der Waals surface area (Å²) in [5, 5.41) is 3.52. The van der Waals surface area contributed by atoms with E-state index in [-0.39, 0.29) is 17.3 Å². The van der Waals surface area contributed by atoms with Crippen LogP contribution >= 0.6 is 15.9 Å². The Bertz CT molecular complexity index is 419. The maximum Gasteiger partial charge on any atom is 0.137 e. The molecule has 1 rings (SSSR count). The first-order chi connectivity index (χ1) is 8.71. The number of hydrogen-bond acceptors (Lipinski definition) is 2. The van der Waals surface area contributed by atoms with Crippen molar-refractivity contribution >= 4 is 15.9 Å². The van der Waals surface area contributed by atoms with E-state index in [1.165, 1.54) is 6.07 Å². The van der Waals surface area contributed by atoms with Gasteiger partial charge in [0.15, 0.2) is 0 Å². The van der Waals surface area contributed by atoms with Gasteiger partial charge in [-0.25, -0.2) is 4.39 Å². The molecule has 0 aliphatic heterocycles. The van der Waals surface area contributed by atoms with Crippen molar-refractivity contribution in [3.63, 3.8) is 0 Å². The van der Waals surface area contributed by atoms with Crippen molar-refractivity contribution in [2.75, 3.05) is 27.2 Å². The van der Waals surface area contributed by atoms with Gasteiger partial charge < -0.3 is 10.2 Å². The minimum absolute atomic E-state index is 0.203. The van der Waals surface area contributed by atoms with Crippen LogP contribution in [0.5, 0.6) is 0 Å². The lowest BCUT2D eigenvalue weighted by Gasteiger charge is -2.30. The molecule has 0 saturated heterocycles. The number of benzene rings is 1. The second-order valence-electron chi connectivity index (χ2n) is 6.18. The molecule has 0 aromatic heterocycles. The standard InChI is InChI=1S/C15H24BrFN2/c1-11(12-6-7-14(17)13(16)8-12)18-9-15(2,3)10-19(4)5/h6-8,11,18H,9-10H2,1-5H3. The summed E-state index contributed by atoms with van der Waals surface area (Å²) in [6.07, 6.45) is 0. The van der Waals surface area contributed by atoms with Gasteiger partial charge in [-0.15, -0.1) is 0 Å². The molecule has 19 heavy (non-hydrogen) atoms. The highest BCUT2D eigenvalue weighted by Crippen LogP contribution is 2.22. The van der Waals surface area contributed by atoms with Crippen LogP contribution in [0.25, 0.3) is 0 Å². The number of nitrogens with one attached hydrogen (secondary N) is 1. The fraction of sp³-hybridized carbons (Fsp3) is 0.600. The van der Waals surface area contributed by atoms with E-state index >= 15 is 0 Å². The summed E-state index contributed by atoms with van der Waals surface area (Å²) in [5.41, 5.74) is 1.29. The average Bonchev–Trinajstić information content (AvgIpc) is 2.28. The normalized spacial score (nSPS) is 13.9. The lowest BCUT2D eigenvalue weighted by Crippen LogP contribution is -2.38. The Morgan fingerprint density at radius 2 is 2.00 bits per heavy atom. The number of hydrogen-bond donors (Lipinski definition) is 1. The van der Waals surface area contributed by atoms with Gasteiger partial charge in [0, 0.05) is 19.1 Å². The molecular formula is C15H24BrFN2. The Kier molecular flexibility index (Phi) is 5.96. The van der Waals surface area contributed by atoms with Crippen molar-refractivity contribution in [1.82, 2.24) is 10.2 Å². The Morgan fingerprint density at radius 3 is 2.53 bits per heavy atom. The Hall–Kier alpha value is -0.450. The second-order valence-corrected chi connectivity index (χ2v) is 7.03. The Labute approximate surface area is 124 Å². The molecule has 1 aromatic carbocycles. The van der Waals surface area contributed by atoms with Crippen molar-refractivity contribution in [1.29, 1.82) is 0 Å². The van der Waals surface area contributed by atoms with Gasteiger partial charge in [-0.05, 0) is 60.1 Å². The molecule has 0 heterocycles. The molecule has 0 aliphatic carbocycles. The lowest BCUT2D eigenvalue weighted by molar-refractivity contribution is 0.227. The van der Waals surface area contributed by atoms with Crippen molar-refractivity contribution in [3.05, 3.63) is 34.1 Å². The molecule has 0 spiro atoms. The summed E-state index contributed by atoms with van der Waals surface area (Å²) >= 11 is 3.23. The van der Waals surface area contributed by atoms with Crippen LogP contribution in [-0.2, 0) is 0 Å². The van der Waals surface area contributed by atoms with Crippen LogP contribution in [0.15, 0.2) is 22.7 Å². The molecule has 1 atom stereocenters. The summed E-state index contributed by atoms with van der Waals surface area (Å²) in [6, 6.07) is 5.38. The number of halogens is 2. The molecule has 0 amide bonds. The van der Waals surface area contributed by atoms with E-state index in [0.717, 1.165) is 18.7 Å².